The van der Waals surface area contributed by atoms with Crippen molar-refractivity contribution in [1.29, 1.82) is 0 Å². The molecule has 0 unspecified atom stereocenters. The molecular weight excluding hydrogens is 267 g/mol. The predicted octanol–water partition coefficient (Wildman–Crippen LogP) is 4.19. The van der Waals surface area contributed by atoms with Crippen molar-refractivity contribution < 1.29 is 9.18 Å². The molecular formula is C17H19FN2O. The number of rotatable bonds is 4. The molecule has 2 amide bonds. The quantitative estimate of drug-likeness (QED) is 0.898. The normalized spacial score (nSPS) is 10.2. The SMILES string of the molecule is CCN(Cc1cccc(F)c1)C(=O)Nc1cccc(C)c1. The number of aryl methyl sites for hydroxylation is 1. The van der Waals surface area contributed by atoms with Crippen LogP contribution in [-0.4, -0.2) is 17.5 Å². The molecule has 0 radical (unpaired) electrons. The molecule has 3 nitrogen and oxygen atoms in total. The van der Waals surface area contributed by atoms with Crippen molar-refractivity contribution in [3.8, 4) is 0 Å². The lowest BCUT2D eigenvalue weighted by Crippen LogP contribution is -2.34. The summed E-state index contributed by atoms with van der Waals surface area (Å²) in [5, 5.41) is 2.86. The molecule has 0 aliphatic heterocycles. The van der Waals surface area contributed by atoms with E-state index in [1.165, 1.54) is 12.1 Å². The number of halogens is 1. The van der Waals surface area contributed by atoms with Gasteiger partial charge in [-0.3, -0.25) is 0 Å². The zero-order valence-corrected chi connectivity index (χ0v) is 12.3. The highest BCUT2D eigenvalue weighted by molar-refractivity contribution is 5.89. The second-order valence-electron chi connectivity index (χ2n) is 4.94. The summed E-state index contributed by atoms with van der Waals surface area (Å²) in [6.07, 6.45) is 0. The Morgan fingerprint density at radius 2 is 1.95 bits per heavy atom. The predicted molar refractivity (Wildman–Crippen MR) is 82.7 cm³/mol. The van der Waals surface area contributed by atoms with Gasteiger partial charge in [0.1, 0.15) is 5.82 Å². The van der Waals surface area contributed by atoms with Gasteiger partial charge in [-0.1, -0.05) is 24.3 Å². The van der Waals surface area contributed by atoms with Crippen LogP contribution < -0.4 is 5.32 Å². The number of hydrogen-bond donors (Lipinski definition) is 1. The monoisotopic (exact) mass is 286 g/mol. The molecule has 0 saturated carbocycles. The van der Waals surface area contributed by atoms with Crippen molar-refractivity contribution in [3.63, 3.8) is 0 Å². The Kier molecular flexibility index (Phi) is 4.93. The van der Waals surface area contributed by atoms with Crippen molar-refractivity contribution in [2.24, 2.45) is 0 Å². The summed E-state index contributed by atoms with van der Waals surface area (Å²) >= 11 is 0. The number of hydrogen-bond acceptors (Lipinski definition) is 1. The van der Waals surface area contributed by atoms with E-state index in [0.29, 0.717) is 13.1 Å². The van der Waals surface area contributed by atoms with E-state index in [2.05, 4.69) is 5.32 Å². The van der Waals surface area contributed by atoms with E-state index in [9.17, 15) is 9.18 Å². The Morgan fingerprint density at radius 3 is 2.62 bits per heavy atom. The van der Waals surface area contributed by atoms with Crippen molar-refractivity contribution in [3.05, 3.63) is 65.5 Å². The summed E-state index contributed by atoms with van der Waals surface area (Å²) in [7, 11) is 0. The Hall–Kier alpha value is -2.36. The molecule has 0 aliphatic rings. The van der Waals surface area contributed by atoms with Crippen molar-refractivity contribution in [2.75, 3.05) is 11.9 Å². The van der Waals surface area contributed by atoms with Crippen molar-refractivity contribution >= 4 is 11.7 Å². The van der Waals surface area contributed by atoms with Gasteiger partial charge in [-0.2, -0.15) is 0 Å². The van der Waals surface area contributed by atoms with Crippen LogP contribution in [0.4, 0.5) is 14.9 Å². The van der Waals surface area contributed by atoms with Gasteiger partial charge in [-0.25, -0.2) is 9.18 Å². The summed E-state index contributed by atoms with van der Waals surface area (Å²) in [4.78, 5) is 13.9. The van der Waals surface area contributed by atoms with E-state index >= 15 is 0 Å². The summed E-state index contributed by atoms with van der Waals surface area (Å²) in [5.41, 5.74) is 2.62. The van der Waals surface area contributed by atoms with Gasteiger partial charge in [0.05, 0.1) is 0 Å². The molecule has 0 spiro atoms. The molecule has 0 heterocycles. The molecule has 1 N–H and O–H groups in total. The van der Waals surface area contributed by atoms with Gasteiger partial charge in [0.2, 0.25) is 0 Å². The van der Waals surface area contributed by atoms with Crippen LogP contribution in [0.2, 0.25) is 0 Å². The zero-order valence-electron chi connectivity index (χ0n) is 12.3. The number of nitrogens with one attached hydrogen (secondary N) is 1. The van der Waals surface area contributed by atoms with E-state index < -0.39 is 0 Å². The first-order chi connectivity index (χ1) is 10.1. The molecule has 0 fully saturated rings. The van der Waals surface area contributed by atoms with E-state index in [0.717, 1.165) is 16.8 Å². The number of urea groups is 1. The molecule has 2 rings (SSSR count). The molecule has 21 heavy (non-hydrogen) atoms. The number of benzene rings is 2. The summed E-state index contributed by atoms with van der Waals surface area (Å²) in [5.74, 6) is -0.289. The fourth-order valence-electron chi connectivity index (χ4n) is 2.11. The fourth-order valence-corrected chi connectivity index (χ4v) is 2.11. The molecule has 0 bridgehead atoms. The first-order valence-electron chi connectivity index (χ1n) is 6.95. The first-order valence-corrected chi connectivity index (χ1v) is 6.95. The fraction of sp³-hybridized carbons (Fsp3) is 0.235. The van der Waals surface area contributed by atoms with Crippen LogP contribution in [0.15, 0.2) is 48.5 Å². The number of carbonyl (C=O) groups excluding carboxylic acids is 1. The van der Waals surface area contributed by atoms with Gasteiger partial charge >= 0.3 is 6.03 Å². The van der Waals surface area contributed by atoms with E-state index in [-0.39, 0.29) is 11.8 Å². The Labute approximate surface area is 124 Å². The van der Waals surface area contributed by atoms with Crippen LogP contribution in [0.25, 0.3) is 0 Å². The van der Waals surface area contributed by atoms with E-state index in [1.807, 2.05) is 44.2 Å². The topological polar surface area (TPSA) is 32.3 Å². The third-order valence-electron chi connectivity index (χ3n) is 3.20. The van der Waals surface area contributed by atoms with Crippen molar-refractivity contribution in [1.82, 2.24) is 4.90 Å². The molecule has 0 atom stereocenters. The smallest absolute Gasteiger partial charge is 0.320 e. The van der Waals surface area contributed by atoms with Crippen LogP contribution in [0.1, 0.15) is 18.1 Å². The van der Waals surface area contributed by atoms with Crippen LogP contribution >= 0.6 is 0 Å². The number of carbonyl (C=O) groups is 1. The minimum absolute atomic E-state index is 0.188. The standard InChI is InChI=1S/C17H19FN2O/c1-3-20(12-14-7-5-8-15(18)11-14)17(21)19-16-9-4-6-13(2)10-16/h4-11H,3,12H2,1-2H3,(H,19,21). The largest absolute Gasteiger partial charge is 0.322 e. The Balaban J connectivity index is 2.05. The molecule has 0 aromatic heterocycles. The lowest BCUT2D eigenvalue weighted by Gasteiger charge is -2.21. The molecule has 0 aliphatic carbocycles. The maximum Gasteiger partial charge on any atom is 0.322 e. The lowest BCUT2D eigenvalue weighted by atomic mass is 10.2. The van der Waals surface area contributed by atoms with Gasteiger partial charge in [-0.05, 0) is 49.2 Å². The Morgan fingerprint density at radius 1 is 1.19 bits per heavy atom. The van der Waals surface area contributed by atoms with Crippen LogP contribution in [0, 0.1) is 12.7 Å². The molecule has 110 valence electrons. The maximum absolute atomic E-state index is 13.2. The molecule has 2 aromatic carbocycles. The number of amides is 2. The third-order valence-corrected chi connectivity index (χ3v) is 3.20. The third kappa shape index (κ3) is 4.31. The van der Waals surface area contributed by atoms with Gasteiger partial charge in [-0.15, -0.1) is 0 Å². The van der Waals surface area contributed by atoms with E-state index in [1.54, 1.807) is 11.0 Å². The zero-order chi connectivity index (χ0) is 15.2. The first kappa shape index (κ1) is 15.0. The highest BCUT2D eigenvalue weighted by Gasteiger charge is 2.12. The maximum atomic E-state index is 13.2. The van der Waals surface area contributed by atoms with Gasteiger partial charge in [0, 0.05) is 18.8 Å². The van der Waals surface area contributed by atoms with Crippen LogP contribution in [0.5, 0.6) is 0 Å². The van der Waals surface area contributed by atoms with E-state index in [4.69, 9.17) is 0 Å². The second-order valence-corrected chi connectivity index (χ2v) is 4.94. The Bertz CT molecular complexity index is 628. The highest BCUT2D eigenvalue weighted by atomic mass is 19.1. The van der Waals surface area contributed by atoms with Gasteiger partial charge in [0.15, 0.2) is 0 Å². The van der Waals surface area contributed by atoms with Crippen LogP contribution in [0.3, 0.4) is 0 Å². The molecule has 0 saturated heterocycles. The minimum atomic E-state index is -0.289. The number of anilines is 1. The highest BCUT2D eigenvalue weighted by Crippen LogP contribution is 2.12. The summed E-state index contributed by atoms with van der Waals surface area (Å²) in [6.45, 7) is 4.80. The molecule has 2 aromatic rings. The number of nitrogens with zero attached hydrogens (tertiary/aromatic N) is 1. The van der Waals surface area contributed by atoms with Crippen LogP contribution in [-0.2, 0) is 6.54 Å². The summed E-state index contributed by atoms with van der Waals surface area (Å²) < 4.78 is 13.2. The average Bonchev–Trinajstić information content (AvgIpc) is 2.44. The minimum Gasteiger partial charge on any atom is -0.320 e. The van der Waals surface area contributed by atoms with Gasteiger partial charge < -0.3 is 10.2 Å². The summed E-state index contributed by atoms with van der Waals surface area (Å²) in [6, 6.07) is 13.7. The second kappa shape index (κ2) is 6.88. The molecule has 4 heteroatoms. The lowest BCUT2D eigenvalue weighted by molar-refractivity contribution is 0.212. The van der Waals surface area contributed by atoms with Crippen molar-refractivity contribution in [2.45, 2.75) is 20.4 Å². The average molecular weight is 286 g/mol. The van der Waals surface area contributed by atoms with Gasteiger partial charge in [0.25, 0.3) is 0 Å².